The third-order valence-corrected chi connectivity index (χ3v) is 5.11. The van der Waals surface area contributed by atoms with E-state index in [4.69, 9.17) is 13.7 Å². The first-order chi connectivity index (χ1) is 13.5. The second-order valence-electron chi connectivity index (χ2n) is 7.01. The minimum absolute atomic E-state index is 0.116. The zero-order chi connectivity index (χ0) is 20.1. The number of aliphatic hydroxyl groups is 1. The number of aromatic nitrogens is 2. The third-order valence-electron chi connectivity index (χ3n) is 4.84. The molecule has 3 atom stereocenters. The lowest BCUT2D eigenvalue weighted by Gasteiger charge is -2.15. The van der Waals surface area contributed by atoms with Gasteiger partial charge in [-0.2, -0.15) is 0 Å². The molecule has 3 unspecified atom stereocenters. The van der Waals surface area contributed by atoms with Gasteiger partial charge in [-0.3, -0.25) is 9.93 Å². The summed E-state index contributed by atoms with van der Waals surface area (Å²) < 4.78 is 10.6. The molecule has 0 bridgehead atoms. The van der Waals surface area contributed by atoms with Gasteiger partial charge in [0.2, 0.25) is 5.78 Å². The van der Waals surface area contributed by atoms with Crippen molar-refractivity contribution in [3.05, 3.63) is 53.9 Å². The van der Waals surface area contributed by atoms with Crippen molar-refractivity contribution in [2.24, 2.45) is 11.1 Å². The summed E-state index contributed by atoms with van der Waals surface area (Å²) in [5.74, 6) is 0.662. The molecule has 150 valence electrons. The predicted molar refractivity (Wildman–Crippen MR) is 106 cm³/mol. The van der Waals surface area contributed by atoms with Crippen molar-refractivity contribution >= 4 is 23.8 Å². The van der Waals surface area contributed by atoms with E-state index in [-0.39, 0.29) is 17.6 Å². The van der Waals surface area contributed by atoms with E-state index in [2.05, 4.69) is 21.9 Å². The minimum atomic E-state index is -0.876. The van der Waals surface area contributed by atoms with E-state index in [1.807, 2.05) is 0 Å². The average molecular weight is 404 g/mol. The highest BCUT2D eigenvalue weighted by Gasteiger charge is 2.27. The molecule has 4 N–H and O–H groups in total. The third kappa shape index (κ3) is 4.79. The van der Waals surface area contributed by atoms with Crippen LogP contribution in [0.4, 0.5) is 5.82 Å². The molecule has 1 aliphatic rings. The number of nitrogens with one attached hydrogen (secondary N) is 1. The lowest BCUT2D eigenvalue weighted by atomic mass is 10.1. The summed E-state index contributed by atoms with van der Waals surface area (Å²) in [5.41, 5.74) is 1.38. The van der Waals surface area contributed by atoms with Crippen LogP contribution in [0.1, 0.15) is 54.0 Å². The largest absolute Gasteiger partial charge is 0.460 e. The van der Waals surface area contributed by atoms with Crippen LogP contribution < -0.4 is 10.5 Å². The molecule has 0 radical (unpaired) electrons. The maximum absolute atomic E-state index is 12.9. The molecule has 0 amide bonds. The Balaban J connectivity index is 1.72. The molecule has 1 saturated carbocycles. The number of carbonyl (C=O) groups excluding carboxylic acids is 1. The average Bonchev–Trinajstić information content (AvgIpc) is 3.35. The van der Waals surface area contributed by atoms with Gasteiger partial charge in [0.25, 0.3) is 0 Å². The molecule has 0 aliphatic heterocycles. The van der Waals surface area contributed by atoms with Crippen LogP contribution in [0.15, 0.2) is 41.4 Å². The molecule has 2 aromatic rings. The fourth-order valence-corrected chi connectivity index (χ4v) is 3.60. The van der Waals surface area contributed by atoms with E-state index < -0.39 is 6.10 Å². The van der Waals surface area contributed by atoms with Gasteiger partial charge < -0.3 is 19.0 Å². The van der Waals surface area contributed by atoms with Gasteiger partial charge in [-0.15, -0.1) is 0 Å². The molecular formula is C19H24N4O4S. The first-order valence-corrected chi connectivity index (χ1v) is 9.81. The fraction of sp³-hybridized carbons (Fsp3) is 0.421. The highest BCUT2D eigenvalue weighted by atomic mass is 32.2. The quantitative estimate of drug-likeness (QED) is 0.250. The van der Waals surface area contributed by atoms with E-state index in [9.17, 15) is 9.90 Å². The van der Waals surface area contributed by atoms with Crippen LogP contribution in [0.5, 0.6) is 0 Å². The molecule has 0 aromatic carbocycles. The van der Waals surface area contributed by atoms with Gasteiger partial charge in [-0.25, -0.2) is 9.97 Å². The van der Waals surface area contributed by atoms with Crippen LogP contribution in [0.25, 0.3) is 0 Å². The van der Waals surface area contributed by atoms with Crippen molar-refractivity contribution in [2.75, 3.05) is 11.9 Å². The number of hydrogen-bond acceptors (Lipinski definition) is 9. The zero-order valence-electron chi connectivity index (χ0n) is 15.6. The summed E-state index contributed by atoms with van der Waals surface area (Å²) in [6, 6.07) is 1.71. The lowest BCUT2D eigenvalue weighted by Crippen LogP contribution is -2.20. The summed E-state index contributed by atoms with van der Waals surface area (Å²) in [6.07, 6.45) is 6.24. The van der Waals surface area contributed by atoms with Crippen molar-refractivity contribution < 1.29 is 18.5 Å². The highest BCUT2D eigenvalue weighted by molar-refractivity contribution is 7.92. The van der Waals surface area contributed by atoms with Crippen LogP contribution in [-0.2, 0) is 4.18 Å². The lowest BCUT2D eigenvalue weighted by molar-refractivity contribution is 0.101. The topological polar surface area (TPSA) is 124 Å². The first-order valence-electron chi connectivity index (χ1n) is 9.01. The van der Waals surface area contributed by atoms with Crippen molar-refractivity contribution in [1.29, 1.82) is 0 Å². The standard InChI is InChI=1S/C19H24N4O4S/c1-11(2)17(24)13-6-16(26-9-13)18(25)15-7-21-10-22-19(15)23-14-4-3-12(5-14)8-27-28-20/h6-7,9-10,12,14,17,24H,1,3-5,8,20H2,2H3,(H,21,22,23). The predicted octanol–water partition coefficient (Wildman–Crippen LogP) is 3.03. The summed E-state index contributed by atoms with van der Waals surface area (Å²) in [5, 5.41) is 18.7. The molecular weight excluding hydrogens is 380 g/mol. The Hall–Kier alpha value is -2.20. The Kier molecular flexibility index (Phi) is 6.84. The molecule has 0 saturated heterocycles. The Bertz CT molecular complexity index is 841. The summed E-state index contributed by atoms with van der Waals surface area (Å²) in [6.45, 7) is 6.03. The molecule has 1 aliphatic carbocycles. The van der Waals surface area contributed by atoms with E-state index >= 15 is 0 Å². The molecule has 9 heteroatoms. The second kappa shape index (κ2) is 9.33. The van der Waals surface area contributed by atoms with Crippen molar-refractivity contribution in [3.63, 3.8) is 0 Å². The minimum Gasteiger partial charge on any atom is -0.460 e. The summed E-state index contributed by atoms with van der Waals surface area (Å²) in [4.78, 5) is 21.1. The van der Waals surface area contributed by atoms with E-state index in [1.165, 1.54) is 24.9 Å². The molecule has 0 spiro atoms. The molecule has 28 heavy (non-hydrogen) atoms. The number of nitrogens with two attached hydrogens (primary N) is 1. The number of nitrogens with zero attached hydrogens (tertiary/aromatic N) is 2. The summed E-state index contributed by atoms with van der Waals surface area (Å²) >= 11 is 0.884. The SMILES string of the molecule is C=C(C)C(O)c1coc(C(=O)c2cncnc2NC2CCC(COSN)C2)c1. The molecule has 2 heterocycles. The maximum atomic E-state index is 12.9. The van der Waals surface area contributed by atoms with E-state index in [1.54, 1.807) is 6.92 Å². The second-order valence-corrected chi connectivity index (χ2v) is 7.44. The van der Waals surface area contributed by atoms with Gasteiger partial charge >= 0.3 is 0 Å². The normalized spacial score (nSPS) is 20.1. The number of aliphatic hydroxyl groups excluding tert-OH is 1. The summed E-state index contributed by atoms with van der Waals surface area (Å²) in [7, 11) is 0. The zero-order valence-corrected chi connectivity index (χ0v) is 16.4. The van der Waals surface area contributed by atoms with Gasteiger partial charge in [0.05, 0.1) is 30.7 Å². The van der Waals surface area contributed by atoms with Crippen LogP contribution in [0.2, 0.25) is 0 Å². The number of carbonyl (C=O) groups is 1. The fourth-order valence-electron chi connectivity index (χ4n) is 3.33. The van der Waals surface area contributed by atoms with Crippen LogP contribution in [0.3, 0.4) is 0 Å². The first kappa shape index (κ1) is 20.5. The molecule has 2 aromatic heterocycles. The van der Waals surface area contributed by atoms with Gasteiger partial charge in [0.15, 0.2) is 5.76 Å². The molecule has 8 nitrogen and oxygen atoms in total. The van der Waals surface area contributed by atoms with Crippen molar-refractivity contribution in [2.45, 2.75) is 38.3 Å². The number of anilines is 1. The number of rotatable bonds is 9. The highest BCUT2D eigenvalue weighted by Crippen LogP contribution is 2.30. The van der Waals surface area contributed by atoms with E-state index in [0.717, 1.165) is 31.5 Å². The molecule has 3 rings (SSSR count). The Labute approximate surface area is 167 Å². The van der Waals surface area contributed by atoms with Crippen LogP contribution in [-0.4, -0.2) is 33.5 Å². The Morgan fingerprint density at radius 1 is 1.57 bits per heavy atom. The van der Waals surface area contributed by atoms with Gasteiger partial charge in [-0.1, -0.05) is 6.58 Å². The van der Waals surface area contributed by atoms with E-state index in [0.29, 0.717) is 35.0 Å². The number of ketones is 1. The van der Waals surface area contributed by atoms with Crippen molar-refractivity contribution in [1.82, 2.24) is 9.97 Å². The smallest absolute Gasteiger partial charge is 0.233 e. The Morgan fingerprint density at radius 2 is 2.39 bits per heavy atom. The van der Waals surface area contributed by atoms with Crippen molar-refractivity contribution in [3.8, 4) is 0 Å². The Morgan fingerprint density at radius 3 is 3.14 bits per heavy atom. The van der Waals surface area contributed by atoms with Gasteiger partial charge in [-0.05, 0) is 43.7 Å². The van der Waals surface area contributed by atoms with Gasteiger partial charge in [0, 0.05) is 17.8 Å². The monoisotopic (exact) mass is 404 g/mol. The van der Waals surface area contributed by atoms with Crippen LogP contribution >= 0.6 is 12.2 Å². The van der Waals surface area contributed by atoms with Gasteiger partial charge in [0.1, 0.15) is 18.2 Å². The maximum Gasteiger partial charge on any atom is 0.233 e. The van der Waals surface area contributed by atoms with Crippen LogP contribution in [0, 0.1) is 5.92 Å². The number of hydrogen-bond donors (Lipinski definition) is 3. The number of furan rings is 1. The molecule has 1 fully saturated rings.